The number of phosphoric acid groups is 1. The van der Waals surface area contributed by atoms with Crippen LogP contribution in [0.4, 0.5) is 0 Å². The van der Waals surface area contributed by atoms with Crippen molar-refractivity contribution in [2.45, 2.75) is 136 Å². The van der Waals surface area contributed by atoms with Gasteiger partial charge in [0, 0.05) is 19.4 Å². The van der Waals surface area contributed by atoms with Gasteiger partial charge < -0.3 is 20.1 Å². The summed E-state index contributed by atoms with van der Waals surface area (Å²) in [5, 5.41) is 0. The first-order valence-electron chi connectivity index (χ1n) is 21.0. The van der Waals surface area contributed by atoms with Gasteiger partial charge in [-0.2, -0.15) is 0 Å². The zero-order valence-electron chi connectivity index (χ0n) is 35.0. The standard InChI is InChI=1S/C47H74NO8P/c1-3-5-7-9-11-13-15-17-19-21-22-24-26-28-30-32-34-36-38-40-47(50)56-45(44-55-57(51,52)54-42-41-48)43-53-46(49)39-37-35-33-31-29-27-25-23-20-18-16-14-12-10-8-6-4-2/h6,8,11-14,17-20,22,24-25,27-28,30-31,33-34,36,45H,3-5,7,9-10,15-16,21,23,26,29,32,35,37-44,48H2,1-2H3,(H,51,52)/t45-/m1/s1. The van der Waals surface area contributed by atoms with Crippen molar-refractivity contribution < 1.29 is 37.6 Å². The van der Waals surface area contributed by atoms with E-state index in [4.69, 9.17) is 24.3 Å². The Morgan fingerprint density at radius 3 is 1.44 bits per heavy atom. The minimum atomic E-state index is -4.42. The molecule has 0 spiro atoms. The summed E-state index contributed by atoms with van der Waals surface area (Å²) < 4.78 is 32.6. The third-order valence-electron chi connectivity index (χ3n) is 7.85. The van der Waals surface area contributed by atoms with Gasteiger partial charge in [-0.05, 0) is 89.9 Å². The predicted octanol–water partition coefficient (Wildman–Crippen LogP) is 12.2. The Labute approximate surface area is 345 Å². The van der Waals surface area contributed by atoms with E-state index in [1.165, 1.54) is 25.7 Å². The van der Waals surface area contributed by atoms with Crippen LogP contribution in [0.3, 0.4) is 0 Å². The van der Waals surface area contributed by atoms with Gasteiger partial charge in [-0.1, -0.05) is 148 Å². The van der Waals surface area contributed by atoms with Crippen LogP contribution in [0, 0.1) is 0 Å². The summed E-state index contributed by atoms with van der Waals surface area (Å²) in [5.74, 6) is -1.01. The second-order valence-electron chi connectivity index (χ2n) is 13.1. The molecule has 10 heteroatoms. The summed E-state index contributed by atoms with van der Waals surface area (Å²) in [6, 6.07) is 0. The molecule has 320 valence electrons. The number of hydrogen-bond acceptors (Lipinski definition) is 8. The summed E-state index contributed by atoms with van der Waals surface area (Å²) >= 11 is 0. The Morgan fingerprint density at radius 1 is 0.544 bits per heavy atom. The molecule has 0 fully saturated rings. The topological polar surface area (TPSA) is 134 Å². The molecular weight excluding hydrogens is 737 g/mol. The van der Waals surface area contributed by atoms with Crippen LogP contribution in [-0.2, 0) is 32.7 Å². The molecule has 0 aliphatic heterocycles. The van der Waals surface area contributed by atoms with E-state index < -0.39 is 32.5 Å². The second kappa shape index (κ2) is 42.0. The Bertz CT molecular complexity index is 1340. The fourth-order valence-corrected chi connectivity index (χ4v) is 5.53. The van der Waals surface area contributed by atoms with Crippen molar-refractivity contribution in [2.24, 2.45) is 5.73 Å². The average Bonchev–Trinajstić information content (AvgIpc) is 3.20. The third kappa shape index (κ3) is 41.9. The number of allylic oxidation sites excluding steroid dienone is 20. The molecule has 0 radical (unpaired) electrons. The molecule has 0 rings (SSSR count). The van der Waals surface area contributed by atoms with Crippen molar-refractivity contribution in [1.29, 1.82) is 0 Å². The van der Waals surface area contributed by atoms with Gasteiger partial charge in [0.1, 0.15) is 6.61 Å². The van der Waals surface area contributed by atoms with Gasteiger partial charge in [0.2, 0.25) is 0 Å². The summed E-state index contributed by atoms with van der Waals surface area (Å²) in [4.78, 5) is 34.8. The van der Waals surface area contributed by atoms with Gasteiger partial charge in [-0.25, -0.2) is 4.57 Å². The molecule has 0 bridgehead atoms. The molecule has 0 saturated carbocycles. The van der Waals surface area contributed by atoms with E-state index in [2.05, 4.69) is 117 Å². The van der Waals surface area contributed by atoms with E-state index in [9.17, 15) is 19.0 Å². The molecule has 57 heavy (non-hydrogen) atoms. The second-order valence-corrected chi connectivity index (χ2v) is 14.6. The Morgan fingerprint density at radius 2 is 0.982 bits per heavy atom. The number of hydrogen-bond donors (Lipinski definition) is 2. The molecule has 2 atom stereocenters. The van der Waals surface area contributed by atoms with Gasteiger partial charge in [0.05, 0.1) is 13.2 Å². The van der Waals surface area contributed by atoms with E-state index in [-0.39, 0.29) is 32.6 Å². The van der Waals surface area contributed by atoms with Gasteiger partial charge in [0.25, 0.3) is 0 Å². The monoisotopic (exact) mass is 812 g/mol. The Kier molecular flexibility index (Phi) is 39.4. The van der Waals surface area contributed by atoms with Crippen LogP contribution in [-0.4, -0.2) is 49.3 Å². The molecule has 3 N–H and O–H groups in total. The molecule has 0 amide bonds. The molecular formula is C47H74NO8P. The minimum absolute atomic E-state index is 0.0273. The van der Waals surface area contributed by atoms with Crippen LogP contribution in [0.2, 0.25) is 0 Å². The van der Waals surface area contributed by atoms with Crippen molar-refractivity contribution in [1.82, 2.24) is 0 Å². The lowest BCUT2D eigenvalue weighted by molar-refractivity contribution is -0.161. The van der Waals surface area contributed by atoms with Crippen molar-refractivity contribution in [3.8, 4) is 0 Å². The molecule has 0 heterocycles. The fraction of sp³-hybridized carbons (Fsp3) is 0.532. The molecule has 9 nitrogen and oxygen atoms in total. The van der Waals surface area contributed by atoms with Crippen molar-refractivity contribution >= 4 is 19.8 Å². The molecule has 1 unspecified atom stereocenters. The van der Waals surface area contributed by atoms with E-state index >= 15 is 0 Å². The normalized spacial score (nSPS) is 14.5. The number of phosphoric ester groups is 1. The highest BCUT2D eigenvalue weighted by Crippen LogP contribution is 2.43. The maximum atomic E-state index is 12.5. The SMILES string of the molecule is CCC=CCC=CCC=CCC=CCC=CCCCC(=O)OC[C@H](COP(=O)(O)OCCN)OC(=O)CCC=CCC=CCC=CCC=CCC=CCCCCC. The molecule has 0 aliphatic carbocycles. The Hall–Kier alpha value is -3.59. The van der Waals surface area contributed by atoms with Crippen LogP contribution < -0.4 is 5.73 Å². The van der Waals surface area contributed by atoms with E-state index in [0.717, 1.165) is 57.8 Å². The lowest BCUT2D eigenvalue weighted by atomic mass is 10.2. The third-order valence-corrected chi connectivity index (χ3v) is 8.83. The minimum Gasteiger partial charge on any atom is -0.462 e. The first-order valence-corrected chi connectivity index (χ1v) is 22.5. The van der Waals surface area contributed by atoms with Crippen LogP contribution in [0.1, 0.15) is 129 Å². The van der Waals surface area contributed by atoms with E-state index in [1.54, 1.807) is 0 Å². The number of carbonyl (C=O) groups excluding carboxylic acids is 2. The van der Waals surface area contributed by atoms with Crippen molar-refractivity contribution in [3.63, 3.8) is 0 Å². The summed E-state index contributed by atoms with van der Waals surface area (Å²) in [7, 11) is -4.42. The maximum Gasteiger partial charge on any atom is 0.472 e. The zero-order valence-corrected chi connectivity index (χ0v) is 35.9. The first-order chi connectivity index (χ1) is 27.8. The highest BCUT2D eigenvalue weighted by molar-refractivity contribution is 7.47. The summed E-state index contributed by atoms with van der Waals surface area (Å²) in [6.07, 6.45) is 56.8. The van der Waals surface area contributed by atoms with Gasteiger partial charge in [-0.3, -0.25) is 18.6 Å². The highest BCUT2D eigenvalue weighted by Gasteiger charge is 2.25. The lowest BCUT2D eigenvalue weighted by Gasteiger charge is -2.19. The number of carbonyl (C=O) groups is 2. The largest absolute Gasteiger partial charge is 0.472 e. The van der Waals surface area contributed by atoms with Crippen LogP contribution in [0.5, 0.6) is 0 Å². The van der Waals surface area contributed by atoms with E-state index in [0.29, 0.717) is 19.3 Å². The number of esters is 2. The highest BCUT2D eigenvalue weighted by atomic mass is 31.2. The Balaban J connectivity index is 4.43. The summed E-state index contributed by atoms with van der Waals surface area (Å²) in [6.45, 7) is 3.40. The maximum absolute atomic E-state index is 12.5. The smallest absolute Gasteiger partial charge is 0.462 e. The van der Waals surface area contributed by atoms with Crippen molar-refractivity contribution in [3.05, 3.63) is 122 Å². The molecule has 0 aromatic carbocycles. The van der Waals surface area contributed by atoms with Crippen LogP contribution >= 0.6 is 7.82 Å². The molecule has 0 aromatic rings. The van der Waals surface area contributed by atoms with Crippen LogP contribution in [0.25, 0.3) is 0 Å². The number of rotatable bonds is 37. The predicted molar refractivity (Wildman–Crippen MR) is 237 cm³/mol. The lowest BCUT2D eigenvalue weighted by Crippen LogP contribution is -2.29. The molecule has 0 aliphatic rings. The fourth-order valence-electron chi connectivity index (χ4n) is 4.77. The molecule has 0 saturated heterocycles. The molecule has 0 aromatic heterocycles. The number of nitrogens with two attached hydrogens (primary N) is 1. The zero-order chi connectivity index (χ0) is 41.8. The first kappa shape index (κ1) is 53.4. The number of unbranched alkanes of at least 4 members (excludes halogenated alkanes) is 4. The number of ether oxygens (including phenoxy) is 2. The quantitative estimate of drug-likeness (QED) is 0.0272. The van der Waals surface area contributed by atoms with Crippen LogP contribution in [0.15, 0.2) is 122 Å². The van der Waals surface area contributed by atoms with Gasteiger partial charge in [0.15, 0.2) is 6.10 Å². The van der Waals surface area contributed by atoms with Gasteiger partial charge in [-0.15, -0.1) is 0 Å². The summed E-state index contributed by atoms with van der Waals surface area (Å²) in [5.41, 5.74) is 5.33. The van der Waals surface area contributed by atoms with Crippen molar-refractivity contribution in [2.75, 3.05) is 26.4 Å². The van der Waals surface area contributed by atoms with E-state index in [1.807, 2.05) is 18.2 Å². The van der Waals surface area contributed by atoms with Gasteiger partial charge >= 0.3 is 19.8 Å². The average molecular weight is 812 g/mol.